The SMILES string of the molecule is CC(C)c1cc2c(cc1C(=O)CCC(=O)O)C1(C)CCCC(C)(C(=O)O)C1CC2.CC(C)c1ccc2c(c1)CCC1C(C)(C(=O)O)CCCC21C.O=C1CCC(=O)O1.[Cl][Al]([Cl])[Cl]. The van der Waals surface area contributed by atoms with Crippen LogP contribution in [0, 0.1) is 22.7 Å². The van der Waals surface area contributed by atoms with Gasteiger partial charge in [-0.1, -0.05) is 78.6 Å². The third kappa shape index (κ3) is 11.3. The summed E-state index contributed by atoms with van der Waals surface area (Å²) in [6.07, 6.45) is 9.44. The first kappa shape index (κ1) is 51.7. The summed E-state index contributed by atoms with van der Waals surface area (Å²) in [5, 5.41) is 28.8. The number of esters is 2. The molecule has 0 amide bonds. The molecule has 4 aliphatic carbocycles. The Morgan fingerprint density at radius 3 is 1.55 bits per heavy atom. The van der Waals surface area contributed by atoms with Gasteiger partial charge in [0.15, 0.2) is 5.78 Å². The smallest absolute Gasteiger partial charge is 0.481 e. The molecule has 2 saturated carbocycles. The Balaban J connectivity index is 0.000000223. The maximum Gasteiger partial charge on any atom is 0.643 e. The van der Waals surface area contributed by atoms with Crippen LogP contribution >= 0.6 is 30.1 Å². The number of halogens is 3. The summed E-state index contributed by atoms with van der Waals surface area (Å²) in [5.41, 5.74) is 6.60. The number of aryl methyl sites for hydroxylation is 2. The van der Waals surface area contributed by atoms with Crippen LogP contribution < -0.4 is 0 Å². The normalized spacial score (nSPS) is 28.1. The van der Waals surface area contributed by atoms with Gasteiger partial charge in [0.25, 0.3) is 0 Å². The van der Waals surface area contributed by atoms with Crippen molar-refractivity contribution >= 4 is 77.2 Å². The van der Waals surface area contributed by atoms with Crippen LogP contribution in [0.3, 0.4) is 0 Å². The van der Waals surface area contributed by atoms with Crippen molar-refractivity contribution in [3.8, 4) is 0 Å². The van der Waals surface area contributed by atoms with Crippen LogP contribution in [0.1, 0.15) is 188 Å². The summed E-state index contributed by atoms with van der Waals surface area (Å²) >= 11 is -1.72. The van der Waals surface area contributed by atoms with E-state index in [0.29, 0.717) is 17.9 Å². The predicted octanol–water partition coefficient (Wildman–Crippen LogP) is 11.4. The van der Waals surface area contributed by atoms with E-state index in [-0.39, 0.29) is 60.1 Å². The zero-order valence-electron chi connectivity index (χ0n) is 37.5. The van der Waals surface area contributed by atoms with Crippen molar-refractivity contribution in [1.82, 2.24) is 0 Å². The highest BCUT2D eigenvalue weighted by Gasteiger charge is 2.56. The monoisotopic (exact) mass is 932 g/mol. The Labute approximate surface area is 383 Å². The lowest BCUT2D eigenvalue weighted by molar-refractivity contribution is -0.158. The van der Waals surface area contributed by atoms with Crippen molar-refractivity contribution in [2.24, 2.45) is 22.7 Å². The standard InChI is InChI=1S/C24H32O5.C20H28O2.C4H4O3.Al.3ClH/c1-14(2)16-12-15-6-8-20-23(3,10-5-11-24(20,4)22(28)29)18(15)13-17(16)19(25)7-9-21(26)27;1-13(2)14-6-8-16-15(12-14)7-9-17-19(16,3)10-5-11-20(17,4)18(21)22;5-3-1-2-4(6)7-3;;;;/h12-14,20H,5-11H2,1-4H3,(H,26,27)(H,28,29);6,8,12-13,17H,5,7,9-11H2,1-4H3,(H,21,22);1-2H2;;3*1H/q;;;+3;;;/p-3. The minimum atomic E-state index is -1.72. The molecule has 14 heteroatoms. The van der Waals surface area contributed by atoms with E-state index in [1.165, 1.54) is 22.3 Å². The van der Waals surface area contributed by atoms with E-state index in [9.17, 15) is 39.0 Å². The molecule has 2 aromatic carbocycles. The fourth-order valence-corrected chi connectivity index (χ4v) is 11.4. The number of cyclic esters (lactones) is 2. The number of carbonyl (C=O) groups is 6. The molecule has 1 heterocycles. The number of hydrogen-bond donors (Lipinski definition) is 3. The number of ketones is 1. The third-order valence-electron chi connectivity index (χ3n) is 14.8. The topological polar surface area (TPSA) is 172 Å². The number of hydrogen-bond acceptors (Lipinski definition) is 7. The average molecular weight is 934 g/mol. The van der Waals surface area contributed by atoms with E-state index in [2.05, 4.69) is 56.7 Å². The number of carboxylic acid groups (broad SMARTS) is 3. The van der Waals surface area contributed by atoms with Crippen molar-refractivity contribution in [3.05, 3.63) is 69.3 Å². The summed E-state index contributed by atoms with van der Waals surface area (Å²) in [4.78, 5) is 67.9. The number of Topliss-reactive ketones (excluding diaryl/α,β-unsaturated/α-hetero) is 1. The van der Waals surface area contributed by atoms with E-state index < -0.39 is 52.1 Å². The van der Waals surface area contributed by atoms with Gasteiger partial charge < -0.3 is 20.1 Å². The summed E-state index contributed by atoms with van der Waals surface area (Å²) in [5.74, 6) is -2.25. The number of aliphatic carboxylic acids is 3. The molecule has 3 fully saturated rings. The first-order valence-corrected chi connectivity index (χ1v) is 27.2. The highest BCUT2D eigenvalue weighted by atomic mass is 35.8. The van der Waals surface area contributed by atoms with Crippen molar-refractivity contribution in [2.75, 3.05) is 0 Å². The molecule has 340 valence electrons. The third-order valence-corrected chi connectivity index (χ3v) is 14.8. The highest BCUT2D eigenvalue weighted by molar-refractivity contribution is 7.54. The van der Waals surface area contributed by atoms with Crippen molar-refractivity contribution in [1.29, 1.82) is 0 Å². The van der Waals surface area contributed by atoms with Crippen LogP contribution in [0.4, 0.5) is 0 Å². The Morgan fingerprint density at radius 1 is 0.677 bits per heavy atom. The molecule has 0 aromatic heterocycles. The number of carbonyl (C=O) groups excluding carboxylic acids is 3. The highest BCUT2D eigenvalue weighted by Crippen LogP contribution is 2.59. The van der Waals surface area contributed by atoms with Gasteiger partial charge in [0.1, 0.15) is 0 Å². The van der Waals surface area contributed by atoms with Crippen LogP contribution in [-0.2, 0) is 52.4 Å². The summed E-state index contributed by atoms with van der Waals surface area (Å²) in [6, 6.07) is 11.0. The molecule has 10 nitrogen and oxygen atoms in total. The maximum absolute atomic E-state index is 12.9. The van der Waals surface area contributed by atoms with Gasteiger partial charge in [-0.05, 0) is 139 Å². The van der Waals surface area contributed by atoms with E-state index >= 15 is 0 Å². The Bertz CT molecular complexity index is 2020. The van der Waals surface area contributed by atoms with Crippen LogP contribution in [-0.4, -0.2) is 62.3 Å². The molecule has 2 aromatic rings. The van der Waals surface area contributed by atoms with Gasteiger partial charge in [-0.15, -0.1) is 0 Å². The van der Waals surface area contributed by atoms with E-state index in [1.807, 2.05) is 33.8 Å². The molecule has 5 aliphatic rings. The predicted molar refractivity (Wildman–Crippen MR) is 243 cm³/mol. The molecule has 62 heavy (non-hydrogen) atoms. The van der Waals surface area contributed by atoms with Crippen LogP contribution in [0.25, 0.3) is 0 Å². The molecule has 0 bridgehead atoms. The van der Waals surface area contributed by atoms with Gasteiger partial charge in [0.05, 0.1) is 30.1 Å². The zero-order chi connectivity index (χ0) is 46.5. The minimum Gasteiger partial charge on any atom is -0.481 e. The first-order valence-electron chi connectivity index (χ1n) is 22.0. The quantitative estimate of drug-likeness (QED) is 0.100. The molecule has 6 atom stereocenters. The largest absolute Gasteiger partial charge is 0.643 e. The van der Waals surface area contributed by atoms with Crippen LogP contribution in [0.5, 0.6) is 0 Å². The summed E-state index contributed by atoms with van der Waals surface area (Å²) < 4.78 is 4.08. The number of rotatable bonds is 8. The van der Waals surface area contributed by atoms with Crippen molar-refractivity contribution in [2.45, 2.75) is 168 Å². The lowest BCUT2D eigenvalue weighted by Crippen LogP contribution is -2.52. The van der Waals surface area contributed by atoms with Crippen LogP contribution in [0.15, 0.2) is 30.3 Å². The molecule has 0 radical (unpaired) electrons. The molecular weight excluding hydrogens is 870 g/mol. The molecule has 3 N–H and O–H groups in total. The van der Waals surface area contributed by atoms with Gasteiger partial charge in [-0.2, -0.15) is 0 Å². The van der Waals surface area contributed by atoms with E-state index in [0.717, 1.165) is 68.9 Å². The lowest BCUT2D eigenvalue weighted by atomic mass is 9.49. The average Bonchev–Trinajstić information content (AvgIpc) is 3.57. The molecule has 1 aliphatic heterocycles. The molecule has 1 saturated heterocycles. The van der Waals surface area contributed by atoms with Gasteiger partial charge in [0.2, 0.25) is 0 Å². The van der Waals surface area contributed by atoms with Crippen molar-refractivity contribution in [3.63, 3.8) is 0 Å². The number of ether oxygens (including phenoxy) is 1. The fourth-order valence-electron chi connectivity index (χ4n) is 11.4. The number of benzene rings is 2. The van der Waals surface area contributed by atoms with Crippen molar-refractivity contribution < 1.29 is 48.8 Å². The first-order chi connectivity index (χ1) is 28.8. The van der Waals surface area contributed by atoms with Gasteiger partial charge in [0, 0.05) is 12.0 Å². The lowest BCUT2D eigenvalue weighted by Gasteiger charge is -2.53. The molecule has 7 rings (SSSR count). The fraction of sp³-hybridized carbons (Fsp3) is 0.625. The van der Waals surface area contributed by atoms with E-state index in [1.54, 1.807) is 0 Å². The Hall–Kier alpha value is -2.94. The number of fused-ring (bicyclic) bond motifs is 6. The maximum atomic E-state index is 12.9. The second-order valence-corrected chi connectivity index (χ2v) is 25.8. The van der Waals surface area contributed by atoms with Gasteiger partial charge in [-0.25, -0.2) is 30.1 Å². The summed E-state index contributed by atoms with van der Waals surface area (Å²) in [6.45, 7) is 16.9. The second kappa shape index (κ2) is 20.9. The van der Waals surface area contributed by atoms with Crippen LogP contribution in [0.2, 0.25) is 0 Å². The van der Waals surface area contributed by atoms with Gasteiger partial charge in [-0.3, -0.25) is 28.8 Å². The zero-order valence-corrected chi connectivity index (χ0v) is 40.9. The molecular formula is C48H64AlCl3O10. The van der Waals surface area contributed by atoms with Gasteiger partial charge >= 0.3 is 41.2 Å². The Kier molecular flexibility index (Phi) is 17.4. The summed E-state index contributed by atoms with van der Waals surface area (Å²) in [7, 11) is 14.8. The second-order valence-electron chi connectivity index (χ2n) is 19.4. The molecule has 0 spiro atoms. The molecule has 6 unspecified atom stereocenters. The minimum absolute atomic E-state index is 0.0131. The van der Waals surface area contributed by atoms with E-state index in [4.69, 9.17) is 35.3 Å². The number of carboxylic acids is 3. The Morgan fingerprint density at radius 2 is 1.15 bits per heavy atom.